The molecule has 0 spiro atoms. The Morgan fingerprint density at radius 1 is 1.30 bits per heavy atom. The molecule has 0 fully saturated rings. The number of hydrogen-bond acceptors (Lipinski definition) is 3. The summed E-state index contributed by atoms with van der Waals surface area (Å²) in [6, 6.07) is 3.86. The maximum absolute atomic E-state index is 13.4. The van der Waals surface area contributed by atoms with E-state index in [9.17, 15) is 18.0 Å². The number of carbonyl (C=O) groups is 1. The molecule has 4 nitrogen and oxygen atoms in total. The summed E-state index contributed by atoms with van der Waals surface area (Å²) in [6.45, 7) is 0.961. The van der Waals surface area contributed by atoms with Crippen molar-refractivity contribution >= 4 is 11.6 Å². The Morgan fingerprint density at radius 2 is 1.91 bits per heavy atom. The van der Waals surface area contributed by atoms with Crippen LogP contribution in [0, 0.1) is 0 Å². The van der Waals surface area contributed by atoms with Gasteiger partial charge in [-0.25, -0.2) is 0 Å². The molecular formula is C16H20F3NO3. The van der Waals surface area contributed by atoms with Crippen LogP contribution in [0.25, 0.3) is 0 Å². The van der Waals surface area contributed by atoms with Gasteiger partial charge in [-0.05, 0) is 37.1 Å². The Morgan fingerprint density at radius 3 is 2.35 bits per heavy atom. The predicted molar refractivity (Wildman–Crippen MR) is 81.5 cm³/mol. The molecular weight excluding hydrogens is 311 g/mol. The smallest absolute Gasteiger partial charge is 0.409 e. The minimum absolute atomic E-state index is 0.137. The third kappa shape index (κ3) is 5.59. The largest absolute Gasteiger partial charge is 0.497 e. The van der Waals surface area contributed by atoms with Crippen LogP contribution in [0.4, 0.5) is 18.9 Å². The van der Waals surface area contributed by atoms with E-state index >= 15 is 0 Å². The average Bonchev–Trinajstić information content (AvgIpc) is 2.49. The minimum Gasteiger partial charge on any atom is -0.497 e. The first kappa shape index (κ1) is 19.0. The van der Waals surface area contributed by atoms with Gasteiger partial charge in [-0.1, -0.05) is 12.2 Å². The molecule has 23 heavy (non-hydrogen) atoms. The van der Waals surface area contributed by atoms with E-state index in [4.69, 9.17) is 9.84 Å². The summed E-state index contributed by atoms with van der Waals surface area (Å²) in [6.07, 6.45) is -1.89. The number of halogens is 3. The van der Waals surface area contributed by atoms with Crippen molar-refractivity contribution in [1.29, 1.82) is 0 Å². The fourth-order valence-corrected chi connectivity index (χ4v) is 2.13. The molecule has 1 unspecified atom stereocenters. The highest BCUT2D eigenvalue weighted by atomic mass is 19.4. The molecule has 0 bridgehead atoms. The lowest BCUT2D eigenvalue weighted by Gasteiger charge is -2.32. The van der Waals surface area contributed by atoms with E-state index in [1.165, 1.54) is 43.5 Å². The fraction of sp³-hybridized carbons (Fsp3) is 0.438. The van der Waals surface area contributed by atoms with Crippen molar-refractivity contribution in [3.63, 3.8) is 0 Å². The molecule has 1 aromatic rings. The summed E-state index contributed by atoms with van der Waals surface area (Å²) in [7, 11) is 1.45. The van der Waals surface area contributed by atoms with Gasteiger partial charge in [0.25, 0.3) is 0 Å². The maximum atomic E-state index is 13.4. The van der Waals surface area contributed by atoms with Crippen LogP contribution in [-0.2, 0) is 4.79 Å². The minimum atomic E-state index is -4.57. The van der Waals surface area contributed by atoms with E-state index in [0.29, 0.717) is 5.75 Å². The summed E-state index contributed by atoms with van der Waals surface area (Å²) in [5, 5.41) is 8.67. The molecule has 1 rings (SSSR count). The zero-order chi connectivity index (χ0) is 17.5. The van der Waals surface area contributed by atoms with Gasteiger partial charge in [0.05, 0.1) is 7.11 Å². The SMILES string of the molecule is COc1ccc(N(C(C)=O)C(C/C=C/CCO)C(F)(F)F)cc1. The molecule has 7 heteroatoms. The van der Waals surface area contributed by atoms with Crippen LogP contribution in [0.5, 0.6) is 5.75 Å². The molecule has 0 saturated heterocycles. The number of anilines is 1. The van der Waals surface area contributed by atoms with Gasteiger partial charge in [-0.2, -0.15) is 13.2 Å². The second kappa shape index (κ2) is 8.57. The zero-order valence-corrected chi connectivity index (χ0v) is 13.0. The normalized spacial score (nSPS) is 13.1. The number of aliphatic hydroxyl groups excluding tert-OH is 1. The molecule has 0 aliphatic heterocycles. The van der Waals surface area contributed by atoms with Gasteiger partial charge in [0.2, 0.25) is 5.91 Å². The molecule has 0 aliphatic carbocycles. The van der Waals surface area contributed by atoms with Crippen molar-refractivity contribution in [2.75, 3.05) is 18.6 Å². The first-order chi connectivity index (χ1) is 10.8. The summed E-state index contributed by atoms with van der Waals surface area (Å²) in [4.78, 5) is 12.5. The van der Waals surface area contributed by atoms with Crippen LogP contribution in [0.2, 0.25) is 0 Å². The van der Waals surface area contributed by atoms with Gasteiger partial charge >= 0.3 is 6.18 Å². The number of methoxy groups -OCH3 is 1. The lowest BCUT2D eigenvalue weighted by molar-refractivity contribution is -0.152. The third-order valence-corrected chi connectivity index (χ3v) is 3.20. The first-order valence-electron chi connectivity index (χ1n) is 7.07. The van der Waals surface area contributed by atoms with E-state index < -0.39 is 18.1 Å². The summed E-state index contributed by atoms with van der Waals surface area (Å²) < 4.78 is 45.1. The molecule has 128 valence electrons. The van der Waals surface area contributed by atoms with E-state index in [2.05, 4.69) is 0 Å². The summed E-state index contributed by atoms with van der Waals surface area (Å²) in [5.74, 6) is -0.211. The Labute approximate surface area is 133 Å². The van der Waals surface area contributed by atoms with Crippen molar-refractivity contribution < 1.29 is 27.8 Å². The molecule has 1 amide bonds. The second-order valence-corrected chi connectivity index (χ2v) is 4.86. The molecule has 1 N–H and O–H groups in total. The average molecular weight is 331 g/mol. The zero-order valence-electron chi connectivity index (χ0n) is 13.0. The van der Waals surface area contributed by atoms with Crippen molar-refractivity contribution in [2.24, 2.45) is 0 Å². The Bertz CT molecular complexity index is 526. The maximum Gasteiger partial charge on any atom is 0.409 e. The Kier molecular flexibility index (Phi) is 7.09. The molecule has 1 atom stereocenters. The molecule has 1 aromatic carbocycles. The monoisotopic (exact) mass is 331 g/mol. The number of ether oxygens (including phenoxy) is 1. The quantitative estimate of drug-likeness (QED) is 0.780. The van der Waals surface area contributed by atoms with E-state index in [1.54, 1.807) is 0 Å². The molecule has 0 heterocycles. The molecule has 0 aromatic heterocycles. The number of rotatable bonds is 7. The van der Waals surface area contributed by atoms with E-state index in [0.717, 1.165) is 11.8 Å². The topological polar surface area (TPSA) is 49.8 Å². The van der Waals surface area contributed by atoms with Gasteiger partial charge in [-0.15, -0.1) is 0 Å². The van der Waals surface area contributed by atoms with Gasteiger partial charge in [0, 0.05) is 19.2 Å². The van der Waals surface area contributed by atoms with Crippen LogP contribution < -0.4 is 9.64 Å². The van der Waals surface area contributed by atoms with Crippen molar-refractivity contribution in [3.05, 3.63) is 36.4 Å². The number of aliphatic hydroxyl groups is 1. The summed E-state index contributed by atoms with van der Waals surface area (Å²) in [5.41, 5.74) is 0.149. The molecule has 0 aliphatic rings. The van der Waals surface area contributed by atoms with Crippen molar-refractivity contribution in [2.45, 2.75) is 32.0 Å². The highest BCUT2D eigenvalue weighted by Gasteiger charge is 2.44. The van der Waals surface area contributed by atoms with Crippen molar-refractivity contribution in [3.8, 4) is 5.75 Å². The third-order valence-electron chi connectivity index (χ3n) is 3.20. The highest BCUT2D eigenvalue weighted by Crippen LogP contribution is 2.32. The van der Waals surface area contributed by atoms with Gasteiger partial charge in [-0.3, -0.25) is 4.79 Å². The fourth-order valence-electron chi connectivity index (χ4n) is 2.13. The number of hydrogen-bond donors (Lipinski definition) is 1. The predicted octanol–water partition coefficient (Wildman–Crippen LogP) is 3.31. The number of benzene rings is 1. The van der Waals surface area contributed by atoms with Crippen LogP contribution in [0.1, 0.15) is 19.8 Å². The number of nitrogens with zero attached hydrogens (tertiary/aromatic N) is 1. The van der Waals surface area contributed by atoms with E-state index in [-0.39, 0.29) is 25.1 Å². The second-order valence-electron chi connectivity index (χ2n) is 4.86. The standard InChI is InChI=1S/C16H20F3NO3/c1-12(22)20(13-7-9-14(23-2)10-8-13)15(16(17,18)19)6-4-3-5-11-21/h3-4,7-10,15,21H,5-6,11H2,1-2H3/b4-3+. The number of amides is 1. The lowest BCUT2D eigenvalue weighted by Crippen LogP contribution is -2.48. The van der Waals surface area contributed by atoms with Gasteiger partial charge < -0.3 is 14.7 Å². The van der Waals surface area contributed by atoms with Crippen LogP contribution >= 0.6 is 0 Å². The van der Waals surface area contributed by atoms with Crippen molar-refractivity contribution in [1.82, 2.24) is 0 Å². The van der Waals surface area contributed by atoms with Crippen LogP contribution in [0.3, 0.4) is 0 Å². The van der Waals surface area contributed by atoms with Crippen LogP contribution in [-0.4, -0.2) is 36.9 Å². The first-order valence-corrected chi connectivity index (χ1v) is 7.07. The number of carbonyl (C=O) groups excluding carboxylic acids is 1. The number of alkyl halides is 3. The van der Waals surface area contributed by atoms with E-state index in [1.807, 2.05) is 0 Å². The highest BCUT2D eigenvalue weighted by molar-refractivity contribution is 5.92. The van der Waals surface area contributed by atoms with Crippen LogP contribution in [0.15, 0.2) is 36.4 Å². The molecule has 0 radical (unpaired) electrons. The molecule has 0 saturated carbocycles. The summed E-state index contributed by atoms with van der Waals surface area (Å²) >= 11 is 0. The van der Waals surface area contributed by atoms with Gasteiger partial charge in [0.1, 0.15) is 11.8 Å². The Balaban J connectivity index is 3.11. The lowest BCUT2D eigenvalue weighted by atomic mass is 10.1. The Hall–Kier alpha value is -2.02. The van der Waals surface area contributed by atoms with Gasteiger partial charge in [0.15, 0.2) is 0 Å².